The number of hydrogen-bond acceptors (Lipinski definition) is 5. The lowest BCUT2D eigenvalue weighted by atomic mass is 10.2. The Morgan fingerprint density at radius 1 is 1.13 bits per heavy atom. The van der Waals surface area contributed by atoms with Crippen molar-refractivity contribution in [1.29, 1.82) is 0 Å². The maximum absolute atomic E-state index is 12.6. The van der Waals surface area contributed by atoms with Crippen LogP contribution in [0.1, 0.15) is 11.1 Å². The zero-order valence-corrected chi connectivity index (χ0v) is 17.7. The normalized spacial score (nSPS) is 17.0. The summed E-state index contributed by atoms with van der Waals surface area (Å²) >= 11 is 7.01. The number of rotatable bonds is 6. The average molecular weight is 442 g/mol. The number of nitrogens with one attached hydrogen (secondary N) is 1. The number of imide groups is 1. The van der Waals surface area contributed by atoms with Crippen molar-refractivity contribution in [2.75, 3.05) is 31.1 Å². The van der Waals surface area contributed by atoms with E-state index < -0.39 is 0 Å². The van der Waals surface area contributed by atoms with E-state index in [0.29, 0.717) is 15.5 Å². The number of halogens is 1. The monoisotopic (exact) mass is 441 g/mol. The van der Waals surface area contributed by atoms with Crippen LogP contribution in [0.15, 0.2) is 53.4 Å². The second kappa shape index (κ2) is 8.93. The van der Waals surface area contributed by atoms with Crippen LogP contribution < -0.4 is 10.2 Å². The number of para-hydroxylation sites is 1. The van der Waals surface area contributed by atoms with Gasteiger partial charge in [-0.25, -0.2) is 0 Å². The van der Waals surface area contributed by atoms with E-state index in [1.165, 1.54) is 5.56 Å². The second-order valence-electron chi connectivity index (χ2n) is 7.01. The molecule has 2 heterocycles. The summed E-state index contributed by atoms with van der Waals surface area (Å²) in [6.07, 6.45) is 2.55. The lowest BCUT2D eigenvalue weighted by Crippen LogP contribution is -2.41. The van der Waals surface area contributed by atoms with Crippen LogP contribution in [0.2, 0.25) is 5.02 Å². The van der Waals surface area contributed by atoms with Gasteiger partial charge in [-0.3, -0.25) is 19.3 Å². The summed E-state index contributed by atoms with van der Waals surface area (Å²) in [6.45, 7) is 1.41. The van der Waals surface area contributed by atoms with E-state index in [1.54, 1.807) is 24.3 Å². The first kappa shape index (κ1) is 20.5. The molecular weight excluding hydrogens is 422 g/mol. The fraction of sp³-hybridized carbons (Fsp3) is 0.227. The molecule has 0 aromatic heterocycles. The summed E-state index contributed by atoms with van der Waals surface area (Å²) in [4.78, 5) is 40.6. The van der Waals surface area contributed by atoms with Crippen molar-refractivity contribution in [2.24, 2.45) is 0 Å². The Morgan fingerprint density at radius 3 is 2.73 bits per heavy atom. The van der Waals surface area contributed by atoms with E-state index in [4.69, 9.17) is 11.6 Å². The zero-order chi connectivity index (χ0) is 21.1. The van der Waals surface area contributed by atoms with Gasteiger partial charge < -0.3 is 10.2 Å². The lowest BCUT2D eigenvalue weighted by Gasteiger charge is -2.19. The number of hydrogen-bond donors (Lipinski definition) is 1. The number of anilines is 1. The summed E-state index contributed by atoms with van der Waals surface area (Å²) in [6, 6.07) is 15.2. The Bertz CT molecular complexity index is 1040. The number of carbonyl (C=O) groups excluding carboxylic acids is 3. The van der Waals surface area contributed by atoms with Gasteiger partial charge in [-0.1, -0.05) is 48.0 Å². The van der Waals surface area contributed by atoms with Gasteiger partial charge >= 0.3 is 0 Å². The standard InChI is InChI=1S/C22H20ClN3O3S/c23-17-7-3-1-6-16(17)13-19-21(28)26(22(29)30-19)12-10-24-20(27)14-25-11-9-15-5-2-4-8-18(15)25/h1-8,13H,9-12,14H2,(H,24,27). The van der Waals surface area contributed by atoms with Gasteiger partial charge in [-0.05, 0) is 47.5 Å². The third kappa shape index (κ3) is 4.37. The quantitative estimate of drug-likeness (QED) is 0.694. The molecule has 8 heteroatoms. The summed E-state index contributed by atoms with van der Waals surface area (Å²) in [5.41, 5.74) is 3.01. The average Bonchev–Trinajstić information content (AvgIpc) is 3.25. The van der Waals surface area contributed by atoms with Crippen molar-refractivity contribution in [3.05, 3.63) is 69.6 Å². The van der Waals surface area contributed by atoms with Crippen LogP contribution >= 0.6 is 23.4 Å². The molecule has 0 aliphatic carbocycles. The molecule has 0 radical (unpaired) electrons. The molecule has 1 N–H and O–H groups in total. The molecule has 2 aromatic rings. The predicted octanol–water partition coefficient (Wildman–Crippen LogP) is 3.56. The van der Waals surface area contributed by atoms with Gasteiger partial charge in [0.05, 0.1) is 11.4 Å². The van der Waals surface area contributed by atoms with Gasteiger partial charge in [0, 0.05) is 30.3 Å². The van der Waals surface area contributed by atoms with Crippen LogP contribution in [0.3, 0.4) is 0 Å². The van der Waals surface area contributed by atoms with Crippen LogP contribution in [0, 0.1) is 0 Å². The van der Waals surface area contributed by atoms with Crippen LogP contribution in [-0.2, 0) is 16.0 Å². The van der Waals surface area contributed by atoms with Gasteiger partial charge in [0.1, 0.15) is 0 Å². The fourth-order valence-electron chi connectivity index (χ4n) is 3.53. The van der Waals surface area contributed by atoms with Crippen LogP contribution in [-0.4, -0.2) is 48.1 Å². The molecule has 0 atom stereocenters. The number of thioether (sulfide) groups is 1. The molecule has 6 nitrogen and oxygen atoms in total. The van der Waals surface area contributed by atoms with E-state index in [-0.39, 0.29) is 36.7 Å². The Hall–Kier alpha value is -2.77. The van der Waals surface area contributed by atoms with Crippen molar-refractivity contribution < 1.29 is 14.4 Å². The first-order chi connectivity index (χ1) is 14.5. The number of carbonyl (C=O) groups is 3. The SMILES string of the molecule is O=C(CN1CCc2ccccc21)NCCN1C(=O)SC(=Cc2ccccc2Cl)C1=O. The minimum absolute atomic E-state index is 0.132. The molecule has 2 aromatic carbocycles. The lowest BCUT2D eigenvalue weighted by molar-refractivity contribution is -0.124. The van der Waals surface area contributed by atoms with E-state index >= 15 is 0 Å². The molecule has 0 unspecified atom stereocenters. The molecule has 0 spiro atoms. The molecule has 4 rings (SSSR count). The topological polar surface area (TPSA) is 69.7 Å². The van der Waals surface area contributed by atoms with Crippen molar-refractivity contribution >= 4 is 52.2 Å². The highest BCUT2D eigenvalue weighted by atomic mass is 35.5. The summed E-state index contributed by atoms with van der Waals surface area (Å²) in [7, 11) is 0. The zero-order valence-electron chi connectivity index (χ0n) is 16.1. The summed E-state index contributed by atoms with van der Waals surface area (Å²) in [5, 5.41) is 2.97. The smallest absolute Gasteiger partial charge is 0.293 e. The molecule has 1 saturated heterocycles. The fourth-order valence-corrected chi connectivity index (χ4v) is 4.58. The molecule has 1 fully saturated rings. The first-order valence-corrected chi connectivity index (χ1v) is 10.8. The van der Waals surface area contributed by atoms with Gasteiger partial charge in [0.15, 0.2) is 0 Å². The van der Waals surface area contributed by atoms with Gasteiger partial charge in [0.25, 0.3) is 11.1 Å². The molecule has 154 valence electrons. The largest absolute Gasteiger partial charge is 0.362 e. The van der Waals surface area contributed by atoms with Gasteiger partial charge in [0.2, 0.25) is 5.91 Å². The Morgan fingerprint density at radius 2 is 1.90 bits per heavy atom. The minimum atomic E-state index is -0.368. The van der Waals surface area contributed by atoms with E-state index in [0.717, 1.165) is 35.3 Å². The van der Waals surface area contributed by atoms with E-state index in [1.807, 2.05) is 29.2 Å². The molecule has 3 amide bonds. The van der Waals surface area contributed by atoms with E-state index in [9.17, 15) is 14.4 Å². The van der Waals surface area contributed by atoms with Crippen molar-refractivity contribution in [3.8, 4) is 0 Å². The Kier molecular flexibility index (Phi) is 6.11. The van der Waals surface area contributed by atoms with Crippen LogP contribution in [0.4, 0.5) is 10.5 Å². The minimum Gasteiger partial charge on any atom is -0.362 e. The second-order valence-corrected chi connectivity index (χ2v) is 8.41. The molecular formula is C22H20ClN3O3S. The number of amides is 3. The van der Waals surface area contributed by atoms with Crippen molar-refractivity contribution in [2.45, 2.75) is 6.42 Å². The van der Waals surface area contributed by atoms with Crippen molar-refractivity contribution in [3.63, 3.8) is 0 Å². The highest BCUT2D eigenvalue weighted by molar-refractivity contribution is 8.18. The van der Waals surface area contributed by atoms with Gasteiger partial charge in [-0.2, -0.15) is 0 Å². The Balaban J connectivity index is 1.30. The molecule has 0 bridgehead atoms. The summed E-state index contributed by atoms with van der Waals surface area (Å²) < 4.78 is 0. The molecule has 30 heavy (non-hydrogen) atoms. The predicted molar refractivity (Wildman–Crippen MR) is 119 cm³/mol. The third-order valence-electron chi connectivity index (χ3n) is 5.04. The maximum Gasteiger partial charge on any atom is 0.293 e. The number of benzene rings is 2. The molecule has 2 aliphatic heterocycles. The van der Waals surface area contributed by atoms with Crippen molar-refractivity contribution in [1.82, 2.24) is 10.2 Å². The van der Waals surface area contributed by atoms with Crippen LogP contribution in [0.5, 0.6) is 0 Å². The van der Waals surface area contributed by atoms with E-state index in [2.05, 4.69) is 11.4 Å². The molecule has 2 aliphatic rings. The third-order valence-corrected chi connectivity index (χ3v) is 6.29. The number of fused-ring (bicyclic) bond motifs is 1. The first-order valence-electron chi connectivity index (χ1n) is 9.62. The summed E-state index contributed by atoms with van der Waals surface area (Å²) in [5.74, 6) is -0.502. The highest BCUT2D eigenvalue weighted by Crippen LogP contribution is 2.33. The number of nitrogens with zero attached hydrogens (tertiary/aromatic N) is 2. The molecule has 0 saturated carbocycles. The van der Waals surface area contributed by atoms with Gasteiger partial charge in [-0.15, -0.1) is 0 Å². The van der Waals surface area contributed by atoms with Crippen LogP contribution in [0.25, 0.3) is 6.08 Å². The maximum atomic E-state index is 12.6. The highest BCUT2D eigenvalue weighted by Gasteiger charge is 2.34. The Labute approximate surface area is 183 Å².